The van der Waals surface area contributed by atoms with Gasteiger partial charge in [-0.05, 0) is 26.0 Å². The standard InChI is InChI=1S/C15H19NO5S/c1-11-15(12(2)21-16-11)10-22(18,19)9-13(17)8-20-14-6-4-3-5-7-14/h3-7,13,17H,8-10H2,1-2H3. The van der Waals surface area contributed by atoms with E-state index in [2.05, 4.69) is 5.16 Å². The number of hydrogen-bond acceptors (Lipinski definition) is 6. The molecule has 0 aliphatic rings. The van der Waals surface area contributed by atoms with Crippen LogP contribution >= 0.6 is 0 Å². The molecule has 0 aliphatic heterocycles. The summed E-state index contributed by atoms with van der Waals surface area (Å²) in [6.07, 6.45) is -1.09. The number of sulfone groups is 1. The number of ether oxygens (including phenoxy) is 1. The summed E-state index contributed by atoms with van der Waals surface area (Å²) in [5, 5.41) is 13.6. The Morgan fingerprint density at radius 1 is 1.27 bits per heavy atom. The largest absolute Gasteiger partial charge is 0.491 e. The molecule has 0 saturated carbocycles. The summed E-state index contributed by atoms with van der Waals surface area (Å²) < 4.78 is 34.6. The smallest absolute Gasteiger partial charge is 0.157 e. The second-order valence-corrected chi connectivity index (χ2v) is 7.24. The Hall–Kier alpha value is -1.86. The third-order valence-corrected chi connectivity index (χ3v) is 4.80. The van der Waals surface area contributed by atoms with Crippen LogP contribution in [0.2, 0.25) is 0 Å². The Labute approximate surface area is 129 Å². The van der Waals surface area contributed by atoms with E-state index in [-0.39, 0.29) is 18.1 Å². The van der Waals surface area contributed by atoms with E-state index in [1.165, 1.54) is 0 Å². The molecule has 1 heterocycles. The Kier molecular flexibility index (Phi) is 5.20. The van der Waals surface area contributed by atoms with Crippen molar-refractivity contribution in [2.24, 2.45) is 0 Å². The summed E-state index contributed by atoms with van der Waals surface area (Å²) in [5.41, 5.74) is 1.10. The summed E-state index contributed by atoms with van der Waals surface area (Å²) in [5.74, 6) is 0.501. The molecule has 1 aromatic carbocycles. The van der Waals surface area contributed by atoms with E-state index in [0.717, 1.165) is 0 Å². The predicted molar refractivity (Wildman–Crippen MR) is 81.4 cm³/mol. The van der Waals surface area contributed by atoms with Crippen molar-refractivity contribution in [2.45, 2.75) is 25.7 Å². The van der Waals surface area contributed by atoms with E-state index in [4.69, 9.17) is 9.26 Å². The molecule has 6 nitrogen and oxygen atoms in total. The van der Waals surface area contributed by atoms with Crippen LogP contribution < -0.4 is 4.74 Å². The topological polar surface area (TPSA) is 89.6 Å². The summed E-state index contributed by atoms with van der Waals surface area (Å²) in [6, 6.07) is 8.93. The zero-order valence-electron chi connectivity index (χ0n) is 12.5. The number of hydrogen-bond donors (Lipinski definition) is 1. The lowest BCUT2D eigenvalue weighted by Gasteiger charge is -2.12. The Balaban J connectivity index is 1.91. The van der Waals surface area contributed by atoms with Crippen molar-refractivity contribution in [3.8, 4) is 5.75 Å². The van der Waals surface area contributed by atoms with Gasteiger partial charge in [0.15, 0.2) is 9.84 Å². The molecule has 1 unspecified atom stereocenters. The van der Waals surface area contributed by atoms with Crippen LogP contribution in [0.4, 0.5) is 0 Å². The van der Waals surface area contributed by atoms with Crippen molar-refractivity contribution in [3.05, 3.63) is 47.3 Å². The first kappa shape index (κ1) is 16.5. The van der Waals surface area contributed by atoms with Gasteiger partial charge in [0.05, 0.1) is 17.2 Å². The molecule has 120 valence electrons. The van der Waals surface area contributed by atoms with Crippen molar-refractivity contribution in [3.63, 3.8) is 0 Å². The molecular weight excluding hydrogens is 306 g/mol. The first-order chi connectivity index (χ1) is 10.4. The fourth-order valence-corrected chi connectivity index (χ4v) is 3.69. The lowest BCUT2D eigenvalue weighted by atomic mass is 10.2. The summed E-state index contributed by atoms with van der Waals surface area (Å²) >= 11 is 0. The number of para-hydroxylation sites is 1. The van der Waals surface area contributed by atoms with Crippen LogP contribution in [0.1, 0.15) is 17.0 Å². The molecule has 7 heteroatoms. The molecule has 1 aromatic heterocycles. The normalized spacial score (nSPS) is 13.0. The first-order valence-electron chi connectivity index (χ1n) is 6.85. The van der Waals surface area contributed by atoms with Crippen LogP contribution in [0.3, 0.4) is 0 Å². The SMILES string of the molecule is Cc1noc(C)c1CS(=O)(=O)CC(O)COc1ccccc1. The van der Waals surface area contributed by atoms with Gasteiger partial charge in [0.25, 0.3) is 0 Å². The van der Waals surface area contributed by atoms with Crippen molar-refractivity contribution in [1.82, 2.24) is 5.16 Å². The highest BCUT2D eigenvalue weighted by atomic mass is 32.2. The molecule has 22 heavy (non-hydrogen) atoms. The number of rotatable bonds is 7. The number of aliphatic hydroxyl groups is 1. The fourth-order valence-electron chi connectivity index (χ4n) is 2.04. The van der Waals surface area contributed by atoms with Gasteiger partial charge in [0, 0.05) is 5.56 Å². The third kappa shape index (κ3) is 4.57. The lowest BCUT2D eigenvalue weighted by molar-refractivity contribution is 0.125. The summed E-state index contributed by atoms with van der Waals surface area (Å²) in [7, 11) is -3.48. The molecule has 2 rings (SSSR count). The molecule has 0 bridgehead atoms. The van der Waals surface area contributed by atoms with E-state index < -0.39 is 15.9 Å². The fraction of sp³-hybridized carbons (Fsp3) is 0.400. The molecule has 2 aromatic rings. The summed E-state index contributed by atoms with van der Waals surface area (Å²) in [4.78, 5) is 0. The van der Waals surface area contributed by atoms with Crippen LogP contribution in [0.15, 0.2) is 34.9 Å². The minimum absolute atomic E-state index is 0.0785. The monoisotopic (exact) mass is 325 g/mol. The average molecular weight is 325 g/mol. The Morgan fingerprint density at radius 3 is 2.55 bits per heavy atom. The second kappa shape index (κ2) is 6.93. The Bertz CT molecular complexity index is 689. The van der Waals surface area contributed by atoms with E-state index in [1.807, 2.05) is 6.07 Å². The number of aromatic nitrogens is 1. The van der Waals surface area contributed by atoms with E-state index in [0.29, 0.717) is 22.8 Å². The van der Waals surface area contributed by atoms with Gasteiger partial charge in [0.2, 0.25) is 0 Å². The molecule has 0 radical (unpaired) electrons. The van der Waals surface area contributed by atoms with Crippen molar-refractivity contribution in [2.75, 3.05) is 12.4 Å². The summed E-state index contributed by atoms with van der Waals surface area (Å²) in [6.45, 7) is 3.28. The Morgan fingerprint density at radius 2 is 1.95 bits per heavy atom. The predicted octanol–water partition coefficient (Wildman–Crippen LogP) is 1.65. The van der Waals surface area contributed by atoms with Gasteiger partial charge in [-0.1, -0.05) is 23.4 Å². The minimum atomic E-state index is -3.48. The van der Waals surface area contributed by atoms with Gasteiger partial charge in [-0.2, -0.15) is 0 Å². The molecular formula is C15H19NO5S. The van der Waals surface area contributed by atoms with Crippen molar-refractivity contribution < 1.29 is 22.8 Å². The number of benzene rings is 1. The van der Waals surface area contributed by atoms with Crippen molar-refractivity contribution >= 4 is 9.84 Å². The molecule has 0 fully saturated rings. The third-order valence-electron chi connectivity index (χ3n) is 3.18. The lowest BCUT2D eigenvalue weighted by Crippen LogP contribution is -2.28. The van der Waals surface area contributed by atoms with Crippen LogP contribution in [0.25, 0.3) is 0 Å². The van der Waals surface area contributed by atoms with Gasteiger partial charge in [-0.25, -0.2) is 8.42 Å². The van der Waals surface area contributed by atoms with Crippen LogP contribution in [-0.4, -0.2) is 37.1 Å². The second-order valence-electron chi connectivity index (χ2n) is 5.14. The number of nitrogens with zero attached hydrogens (tertiary/aromatic N) is 1. The molecule has 0 aliphatic carbocycles. The van der Waals surface area contributed by atoms with Gasteiger partial charge in [-0.3, -0.25) is 0 Å². The zero-order valence-corrected chi connectivity index (χ0v) is 13.3. The molecule has 0 saturated heterocycles. The van der Waals surface area contributed by atoms with Crippen LogP contribution in [-0.2, 0) is 15.6 Å². The van der Waals surface area contributed by atoms with Crippen molar-refractivity contribution in [1.29, 1.82) is 0 Å². The maximum absolute atomic E-state index is 12.1. The van der Waals surface area contributed by atoms with E-state index in [1.54, 1.807) is 38.1 Å². The number of aryl methyl sites for hydroxylation is 2. The average Bonchev–Trinajstić information content (AvgIpc) is 2.77. The highest BCUT2D eigenvalue weighted by Gasteiger charge is 2.22. The van der Waals surface area contributed by atoms with E-state index >= 15 is 0 Å². The van der Waals surface area contributed by atoms with Gasteiger partial charge >= 0.3 is 0 Å². The number of aliphatic hydroxyl groups excluding tert-OH is 1. The zero-order chi connectivity index (χ0) is 16.2. The highest BCUT2D eigenvalue weighted by molar-refractivity contribution is 7.90. The molecule has 0 amide bonds. The quantitative estimate of drug-likeness (QED) is 0.832. The van der Waals surface area contributed by atoms with Gasteiger partial charge in [-0.15, -0.1) is 0 Å². The van der Waals surface area contributed by atoms with Crippen LogP contribution in [0, 0.1) is 13.8 Å². The molecule has 0 spiro atoms. The van der Waals surface area contributed by atoms with Gasteiger partial charge in [0.1, 0.15) is 24.2 Å². The highest BCUT2D eigenvalue weighted by Crippen LogP contribution is 2.17. The first-order valence-corrected chi connectivity index (χ1v) is 8.67. The minimum Gasteiger partial charge on any atom is -0.491 e. The molecule has 1 atom stereocenters. The van der Waals surface area contributed by atoms with E-state index in [9.17, 15) is 13.5 Å². The van der Waals surface area contributed by atoms with Gasteiger partial charge < -0.3 is 14.4 Å². The maximum atomic E-state index is 12.1. The molecule has 1 N–H and O–H groups in total. The van der Waals surface area contributed by atoms with Crippen LogP contribution in [0.5, 0.6) is 5.75 Å². The maximum Gasteiger partial charge on any atom is 0.157 e.